The van der Waals surface area contributed by atoms with Crippen LogP contribution >= 0.6 is 11.6 Å². The highest BCUT2D eigenvalue weighted by Gasteiger charge is 2.30. The van der Waals surface area contributed by atoms with Crippen molar-refractivity contribution in [3.63, 3.8) is 0 Å². The van der Waals surface area contributed by atoms with Crippen LogP contribution in [-0.4, -0.2) is 88.2 Å². The molecule has 12 nitrogen and oxygen atoms in total. The number of amides is 2. The van der Waals surface area contributed by atoms with Crippen molar-refractivity contribution in [3.05, 3.63) is 58.6 Å². The molecule has 2 aromatic carbocycles. The summed E-state index contributed by atoms with van der Waals surface area (Å²) in [6.45, 7) is 13.9. The molecule has 1 fully saturated rings. The first kappa shape index (κ1) is 48.6. The van der Waals surface area contributed by atoms with Crippen molar-refractivity contribution in [3.8, 4) is 5.75 Å². The number of hydrogen-bond donors (Lipinski definition) is 3. The van der Waals surface area contributed by atoms with Crippen LogP contribution < -0.4 is 21.5 Å². The summed E-state index contributed by atoms with van der Waals surface area (Å²) < 4.78 is 54.0. The van der Waals surface area contributed by atoms with Gasteiger partial charge in [0.1, 0.15) is 11.9 Å². The monoisotopic (exact) mass is 797 g/mol. The van der Waals surface area contributed by atoms with E-state index in [4.69, 9.17) is 26.8 Å². The Balaban J connectivity index is 0.00000288. The number of rotatable bonds is 15. The van der Waals surface area contributed by atoms with Gasteiger partial charge in [-0.1, -0.05) is 65.1 Å². The third-order valence-electron chi connectivity index (χ3n) is 7.79. The second-order valence-electron chi connectivity index (χ2n) is 13.7. The summed E-state index contributed by atoms with van der Waals surface area (Å²) in [6.07, 6.45) is 1.18. The minimum Gasteiger partial charge on any atom is -0.492 e. The lowest BCUT2D eigenvalue weighted by Gasteiger charge is -2.34. The number of hydrogen-bond acceptors (Lipinski definition) is 8. The topological polar surface area (TPSA) is 166 Å². The molecule has 308 valence electrons. The van der Waals surface area contributed by atoms with Gasteiger partial charge in [0.15, 0.2) is 6.61 Å². The molecule has 1 aliphatic carbocycles. The summed E-state index contributed by atoms with van der Waals surface area (Å²) in [4.78, 5) is 39.4. The SMILES string of the molecule is C=NCc1ccc(OCCCN(CC(C)(C)CNC(=O)c2ccc(N=C(/N=C/N)OCC(F)(F)F)cc2)C(=O)OC2CCCC(C)C2)c(Cl)c1.CCC.CN. The maximum Gasteiger partial charge on any atom is 0.422 e. The first-order valence-electron chi connectivity index (χ1n) is 18.4. The van der Waals surface area contributed by atoms with Crippen molar-refractivity contribution >= 4 is 48.4 Å². The molecule has 1 aliphatic rings. The minimum absolute atomic E-state index is 0.142. The fourth-order valence-corrected chi connectivity index (χ4v) is 5.62. The number of aliphatic imine (C=N–C) groups is 3. The van der Waals surface area contributed by atoms with Crippen molar-refractivity contribution < 1.29 is 37.0 Å². The van der Waals surface area contributed by atoms with Gasteiger partial charge >= 0.3 is 18.3 Å². The molecule has 55 heavy (non-hydrogen) atoms. The van der Waals surface area contributed by atoms with E-state index in [0.29, 0.717) is 54.9 Å². The van der Waals surface area contributed by atoms with E-state index < -0.39 is 30.3 Å². The van der Waals surface area contributed by atoms with Crippen LogP contribution in [0.15, 0.2) is 57.4 Å². The number of alkyl halides is 3. The van der Waals surface area contributed by atoms with Gasteiger partial charge in [-0.15, -0.1) is 0 Å². The molecule has 2 atom stereocenters. The van der Waals surface area contributed by atoms with Crippen molar-refractivity contribution in [2.24, 2.45) is 37.8 Å². The Kier molecular flexibility index (Phi) is 22.7. The molecule has 0 heterocycles. The van der Waals surface area contributed by atoms with E-state index >= 15 is 0 Å². The molecule has 0 bridgehead atoms. The Morgan fingerprint density at radius 3 is 2.36 bits per heavy atom. The van der Waals surface area contributed by atoms with Crippen LogP contribution in [-0.2, 0) is 16.0 Å². The number of nitrogens with one attached hydrogen (secondary N) is 1. The van der Waals surface area contributed by atoms with E-state index in [9.17, 15) is 22.8 Å². The van der Waals surface area contributed by atoms with Crippen molar-refractivity contribution in [2.45, 2.75) is 92.0 Å². The Morgan fingerprint density at radius 2 is 1.78 bits per heavy atom. The standard InChI is InChI=1S/C35H46ClF3N6O5.C3H8.CH5N/c1-24-7-5-8-28(17-24)50-33(47)45(15-6-16-48-30-14-9-25(19-41-4)18-29(30)36)21-34(2,3)20-42-31(46)26-10-12-27(13-11-26)44-32(43-23-40)49-22-35(37,38)39;1-3-2;1-2/h9-14,18,23-24,28H,4-8,15-17,19-22H2,1-3H3,(H,42,46)(H2,40,43,44);3H2,1-2H3;2H2,1H3. The third-order valence-corrected chi connectivity index (χ3v) is 8.08. The fourth-order valence-electron chi connectivity index (χ4n) is 5.36. The number of nitrogens with zero attached hydrogens (tertiary/aromatic N) is 4. The van der Waals surface area contributed by atoms with Gasteiger partial charge in [-0.2, -0.15) is 23.2 Å². The van der Waals surface area contributed by atoms with E-state index in [2.05, 4.69) is 58.3 Å². The Hall–Kier alpha value is -4.37. The number of halogens is 4. The number of nitrogens with two attached hydrogens (primary N) is 2. The molecule has 1 saturated carbocycles. The van der Waals surface area contributed by atoms with Gasteiger partial charge in [-0.3, -0.25) is 9.79 Å². The van der Waals surface area contributed by atoms with E-state index in [1.54, 1.807) is 17.0 Å². The first-order valence-corrected chi connectivity index (χ1v) is 18.7. The van der Waals surface area contributed by atoms with Crippen molar-refractivity contribution in [2.75, 3.05) is 39.9 Å². The van der Waals surface area contributed by atoms with Gasteiger partial charge in [0.05, 0.1) is 30.2 Å². The zero-order chi connectivity index (χ0) is 41.4. The van der Waals surface area contributed by atoms with Crippen LogP contribution in [0.2, 0.25) is 5.02 Å². The molecule has 16 heteroatoms. The number of carbonyl (C=O) groups excluding carboxylic acids is 2. The van der Waals surface area contributed by atoms with Crippen LogP contribution in [0.25, 0.3) is 0 Å². The molecule has 0 spiro atoms. The summed E-state index contributed by atoms with van der Waals surface area (Å²) in [5.41, 5.74) is 10.6. The molecule has 0 aromatic heterocycles. The molecular formula is C39H59ClF3N7O5. The average Bonchev–Trinajstić information content (AvgIpc) is 3.13. The van der Waals surface area contributed by atoms with Crippen molar-refractivity contribution in [1.29, 1.82) is 0 Å². The molecule has 5 N–H and O–H groups in total. The largest absolute Gasteiger partial charge is 0.492 e. The molecule has 0 aliphatic heterocycles. The fraction of sp³-hybridized carbons (Fsp3) is 0.564. The zero-order valence-electron chi connectivity index (χ0n) is 33.0. The Labute approximate surface area is 328 Å². The third kappa shape index (κ3) is 20.2. The Bertz CT molecular complexity index is 1510. The molecule has 3 rings (SSSR count). The average molecular weight is 798 g/mol. The molecule has 2 amide bonds. The van der Waals surface area contributed by atoms with Gasteiger partial charge in [0, 0.05) is 25.2 Å². The lowest BCUT2D eigenvalue weighted by Crippen LogP contribution is -2.46. The first-order chi connectivity index (χ1) is 26.1. The maximum atomic E-state index is 13.5. The van der Waals surface area contributed by atoms with Gasteiger partial charge in [0.2, 0.25) is 0 Å². The second-order valence-corrected chi connectivity index (χ2v) is 14.1. The highest BCUT2D eigenvalue weighted by Crippen LogP contribution is 2.28. The maximum absolute atomic E-state index is 13.5. The van der Waals surface area contributed by atoms with E-state index in [-0.39, 0.29) is 24.2 Å². The van der Waals surface area contributed by atoms with Crippen LogP contribution in [0.3, 0.4) is 0 Å². The van der Waals surface area contributed by atoms with E-state index in [1.165, 1.54) is 37.7 Å². The number of ether oxygens (including phenoxy) is 3. The van der Waals surface area contributed by atoms with Gasteiger partial charge < -0.3 is 35.9 Å². The van der Waals surface area contributed by atoms with E-state index in [0.717, 1.165) is 37.6 Å². The smallest absolute Gasteiger partial charge is 0.422 e. The summed E-state index contributed by atoms with van der Waals surface area (Å²) in [5.74, 6) is 0.637. The molecule has 0 radical (unpaired) electrons. The van der Waals surface area contributed by atoms with Crippen LogP contribution in [0, 0.1) is 11.3 Å². The Morgan fingerprint density at radius 1 is 1.11 bits per heavy atom. The summed E-state index contributed by atoms with van der Waals surface area (Å²) in [7, 11) is 1.50. The van der Waals surface area contributed by atoms with Crippen LogP contribution in [0.5, 0.6) is 5.75 Å². The molecule has 2 aromatic rings. The van der Waals surface area contributed by atoms with Gasteiger partial charge in [-0.05, 0) is 92.7 Å². The highest BCUT2D eigenvalue weighted by atomic mass is 35.5. The predicted molar refractivity (Wildman–Crippen MR) is 215 cm³/mol. The predicted octanol–water partition coefficient (Wildman–Crippen LogP) is 8.33. The quantitative estimate of drug-likeness (QED) is 0.0926. The normalized spacial score (nSPS) is 15.8. The minimum atomic E-state index is -4.58. The van der Waals surface area contributed by atoms with Crippen molar-refractivity contribution in [1.82, 2.24) is 10.2 Å². The summed E-state index contributed by atoms with van der Waals surface area (Å²) in [5, 5.41) is 3.37. The van der Waals surface area contributed by atoms with E-state index in [1.807, 2.05) is 19.9 Å². The van der Waals surface area contributed by atoms with Gasteiger partial charge in [-0.25, -0.2) is 4.79 Å². The lowest BCUT2D eigenvalue weighted by atomic mass is 9.89. The molecule has 2 unspecified atom stereocenters. The van der Waals surface area contributed by atoms with Crippen LogP contribution in [0.1, 0.15) is 89.1 Å². The second kappa shape index (κ2) is 25.7. The zero-order valence-corrected chi connectivity index (χ0v) is 33.7. The highest BCUT2D eigenvalue weighted by molar-refractivity contribution is 6.32. The lowest BCUT2D eigenvalue weighted by molar-refractivity contribution is -0.156. The number of amidine groups is 1. The molecular weight excluding hydrogens is 739 g/mol. The summed E-state index contributed by atoms with van der Waals surface area (Å²) in [6, 6.07) is 10.7. The van der Waals surface area contributed by atoms with Crippen LogP contribution in [0.4, 0.5) is 23.7 Å². The molecule has 0 saturated heterocycles. The van der Waals surface area contributed by atoms with Gasteiger partial charge in [0.25, 0.3) is 5.91 Å². The number of benzene rings is 2. The number of carbonyl (C=O) groups is 2. The summed E-state index contributed by atoms with van der Waals surface area (Å²) >= 11 is 6.37.